The molecule has 1 saturated heterocycles. The summed E-state index contributed by atoms with van der Waals surface area (Å²) in [6.45, 7) is 2.09. The van der Waals surface area contributed by atoms with Crippen LogP contribution < -0.4 is 20.3 Å². The molecule has 1 aliphatic heterocycles. The summed E-state index contributed by atoms with van der Waals surface area (Å²) in [5.74, 6) is 0.427. The highest BCUT2D eigenvalue weighted by Crippen LogP contribution is 2.35. The number of imidazole rings is 1. The molecule has 2 aromatic carbocycles. The number of aromatic nitrogens is 4. The Balaban J connectivity index is 1.15. The number of rotatable bonds is 9. The number of halogens is 3. The summed E-state index contributed by atoms with van der Waals surface area (Å²) < 4.78 is 53.5. The van der Waals surface area contributed by atoms with Gasteiger partial charge in [0, 0.05) is 60.8 Å². The molecule has 2 N–H and O–H groups in total. The zero-order valence-corrected chi connectivity index (χ0v) is 24.4. The number of hydrogen-bond donors (Lipinski definition) is 2. The molecule has 0 aliphatic carbocycles. The highest BCUT2D eigenvalue weighted by Gasteiger charge is 2.32. The quantitative estimate of drug-likeness (QED) is 0.215. The minimum Gasteiger partial charge on any atom is -0.497 e. The molecule has 0 spiro atoms. The predicted octanol–water partition coefficient (Wildman–Crippen LogP) is 5.23. The minimum absolute atomic E-state index is 0.0647. The number of carbonyl (C=O) groups excluding carboxylic acids is 1. The second-order valence-electron chi connectivity index (χ2n) is 9.91. The van der Waals surface area contributed by atoms with Gasteiger partial charge in [0.25, 0.3) is 5.91 Å². The monoisotopic (exact) mass is 623 g/mol. The van der Waals surface area contributed by atoms with E-state index in [1.54, 1.807) is 24.3 Å². The Morgan fingerprint density at radius 3 is 2.73 bits per heavy atom. The number of nitrogens with zero attached hydrogens (tertiary/aromatic N) is 5. The Hall–Kier alpha value is -4.69. The molecule has 1 aliphatic rings. The number of anilines is 2. The molecule has 4 heterocycles. The van der Waals surface area contributed by atoms with Crippen LogP contribution in [-0.4, -0.2) is 71.8 Å². The number of methoxy groups -OCH3 is 1. The molecule has 44 heavy (non-hydrogen) atoms. The van der Waals surface area contributed by atoms with E-state index in [2.05, 4.69) is 20.6 Å². The van der Waals surface area contributed by atoms with E-state index in [0.29, 0.717) is 49.4 Å². The normalized spacial score (nSPS) is 13.7. The first kappa shape index (κ1) is 29.4. The molecule has 6 rings (SSSR count). The van der Waals surface area contributed by atoms with E-state index in [4.69, 9.17) is 14.5 Å². The highest BCUT2D eigenvalue weighted by molar-refractivity contribution is 7.15. The van der Waals surface area contributed by atoms with Gasteiger partial charge in [-0.1, -0.05) is 12.1 Å². The number of thiazole rings is 1. The number of fused-ring (bicyclic) bond motifs is 1. The Bertz CT molecular complexity index is 1780. The van der Waals surface area contributed by atoms with E-state index < -0.39 is 17.6 Å². The van der Waals surface area contributed by atoms with Crippen LogP contribution in [0, 0.1) is 0 Å². The van der Waals surface area contributed by atoms with Gasteiger partial charge in [0.05, 0.1) is 37.3 Å². The van der Waals surface area contributed by atoms with Crippen LogP contribution in [0.2, 0.25) is 0 Å². The van der Waals surface area contributed by atoms with Crippen molar-refractivity contribution in [3.05, 3.63) is 77.4 Å². The number of nitrogens with one attached hydrogen (secondary N) is 2. The molecule has 0 bridgehead atoms. The first-order valence-corrected chi connectivity index (χ1v) is 14.7. The third kappa shape index (κ3) is 6.31. The standard InChI is InChI=1S/C30H28F3N7O3S/c1-42-23-4-2-3-19(17-23)25-26(40-11-14-44-29(40)38-25)24-5-6-35-28(37-24)36-8-7-34-27(41)20-15-21(30(31,32)33)18-22(16-20)39-9-12-43-13-10-39/h2-6,11,14-18H,7-10,12-13H2,1H3,(H,34,41)(H,35,36,37). The van der Waals surface area contributed by atoms with Crippen LogP contribution in [0.15, 0.2) is 66.3 Å². The van der Waals surface area contributed by atoms with Gasteiger partial charge in [0.15, 0.2) is 4.96 Å². The number of morpholine rings is 1. The van der Waals surface area contributed by atoms with Crippen LogP contribution in [0.1, 0.15) is 15.9 Å². The van der Waals surface area contributed by atoms with E-state index in [9.17, 15) is 18.0 Å². The lowest BCUT2D eigenvalue weighted by Gasteiger charge is -2.29. The van der Waals surface area contributed by atoms with Gasteiger partial charge >= 0.3 is 6.18 Å². The van der Waals surface area contributed by atoms with Crippen LogP contribution in [0.5, 0.6) is 5.75 Å². The van der Waals surface area contributed by atoms with Gasteiger partial charge in [-0.05, 0) is 36.4 Å². The lowest BCUT2D eigenvalue weighted by atomic mass is 10.1. The average molecular weight is 624 g/mol. The molecule has 14 heteroatoms. The minimum atomic E-state index is -4.59. The summed E-state index contributed by atoms with van der Waals surface area (Å²) in [5, 5.41) is 7.72. The number of alkyl halides is 3. The van der Waals surface area contributed by atoms with Crippen LogP contribution in [0.3, 0.4) is 0 Å². The van der Waals surface area contributed by atoms with Gasteiger partial charge in [-0.25, -0.2) is 15.0 Å². The first-order valence-electron chi connectivity index (χ1n) is 13.8. The zero-order chi connectivity index (χ0) is 30.7. The fourth-order valence-electron chi connectivity index (χ4n) is 4.94. The molecule has 1 fully saturated rings. The first-order chi connectivity index (χ1) is 21.3. The van der Waals surface area contributed by atoms with E-state index in [1.165, 1.54) is 17.4 Å². The summed E-state index contributed by atoms with van der Waals surface area (Å²) in [4.78, 5) is 29.3. The maximum atomic E-state index is 13.6. The lowest BCUT2D eigenvalue weighted by Crippen LogP contribution is -2.36. The number of hydrogen-bond acceptors (Lipinski definition) is 9. The summed E-state index contributed by atoms with van der Waals surface area (Å²) in [6.07, 6.45) is -1.03. The number of amides is 1. The van der Waals surface area contributed by atoms with Crippen molar-refractivity contribution in [1.82, 2.24) is 24.7 Å². The Morgan fingerprint density at radius 2 is 1.93 bits per heavy atom. The average Bonchev–Trinajstić information content (AvgIpc) is 3.65. The fraction of sp³-hybridized carbons (Fsp3) is 0.267. The van der Waals surface area contributed by atoms with Gasteiger partial charge in [0.1, 0.15) is 11.4 Å². The molecule has 3 aromatic heterocycles. The summed E-state index contributed by atoms with van der Waals surface area (Å²) in [7, 11) is 1.61. The second-order valence-corrected chi connectivity index (χ2v) is 10.8. The second kappa shape index (κ2) is 12.5. The molecule has 5 aromatic rings. The molecule has 0 radical (unpaired) electrons. The fourth-order valence-corrected chi connectivity index (χ4v) is 5.65. The maximum absolute atomic E-state index is 13.6. The molecular weight excluding hydrogens is 595 g/mol. The van der Waals surface area contributed by atoms with Gasteiger partial charge in [-0.2, -0.15) is 13.2 Å². The Kier molecular flexibility index (Phi) is 8.35. The van der Waals surface area contributed by atoms with Gasteiger partial charge < -0.3 is 25.0 Å². The number of benzene rings is 2. The van der Waals surface area contributed by atoms with E-state index in [1.807, 2.05) is 40.2 Å². The number of carbonyl (C=O) groups is 1. The van der Waals surface area contributed by atoms with E-state index >= 15 is 0 Å². The van der Waals surface area contributed by atoms with Crippen molar-refractivity contribution < 1.29 is 27.4 Å². The molecule has 10 nitrogen and oxygen atoms in total. The van der Waals surface area contributed by atoms with Crippen LogP contribution in [0.4, 0.5) is 24.8 Å². The van der Waals surface area contributed by atoms with Crippen molar-refractivity contribution in [2.75, 3.05) is 56.7 Å². The van der Waals surface area contributed by atoms with Crippen molar-refractivity contribution in [3.8, 4) is 28.4 Å². The van der Waals surface area contributed by atoms with Crippen molar-refractivity contribution >= 4 is 33.8 Å². The topological polar surface area (TPSA) is 106 Å². The number of ether oxygens (including phenoxy) is 2. The largest absolute Gasteiger partial charge is 0.497 e. The summed E-state index contributed by atoms with van der Waals surface area (Å²) in [5.41, 5.74) is 2.43. The molecule has 228 valence electrons. The Morgan fingerprint density at radius 1 is 1.09 bits per heavy atom. The molecular formula is C30H28F3N7O3S. The third-order valence-electron chi connectivity index (χ3n) is 7.08. The lowest BCUT2D eigenvalue weighted by molar-refractivity contribution is -0.137. The summed E-state index contributed by atoms with van der Waals surface area (Å²) >= 11 is 1.51. The Labute approximate surface area is 254 Å². The molecule has 0 atom stereocenters. The van der Waals surface area contributed by atoms with Gasteiger partial charge in [-0.15, -0.1) is 11.3 Å². The van der Waals surface area contributed by atoms with E-state index in [-0.39, 0.29) is 18.7 Å². The molecule has 0 unspecified atom stereocenters. The SMILES string of the molecule is COc1cccc(-c2nc3sccn3c2-c2ccnc(NCCNC(=O)c3cc(N4CCOCC4)cc(C(F)(F)F)c3)n2)c1. The van der Waals surface area contributed by atoms with Crippen LogP contribution in [0.25, 0.3) is 27.6 Å². The van der Waals surface area contributed by atoms with Gasteiger partial charge in [0.2, 0.25) is 5.95 Å². The van der Waals surface area contributed by atoms with Crippen LogP contribution >= 0.6 is 11.3 Å². The molecule has 1 amide bonds. The van der Waals surface area contributed by atoms with Crippen molar-refractivity contribution in [1.29, 1.82) is 0 Å². The van der Waals surface area contributed by atoms with Crippen molar-refractivity contribution in [2.24, 2.45) is 0 Å². The van der Waals surface area contributed by atoms with Crippen molar-refractivity contribution in [3.63, 3.8) is 0 Å². The maximum Gasteiger partial charge on any atom is 0.416 e. The van der Waals surface area contributed by atoms with Crippen LogP contribution in [-0.2, 0) is 10.9 Å². The third-order valence-corrected chi connectivity index (χ3v) is 7.84. The summed E-state index contributed by atoms with van der Waals surface area (Å²) in [6, 6.07) is 12.8. The molecule has 0 saturated carbocycles. The van der Waals surface area contributed by atoms with E-state index in [0.717, 1.165) is 34.0 Å². The highest BCUT2D eigenvalue weighted by atomic mass is 32.1. The van der Waals surface area contributed by atoms with Gasteiger partial charge in [-0.3, -0.25) is 9.20 Å². The zero-order valence-electron chi connectivity index (χ0n) is 23.6. The predicted molar refractivity (Wildman–Crippen MR) is 161 cm³/mol. The van der Waals surface area contributed by atoms with Crippen molar-refractivity contribution in [2.45, 2.75) is 6.18 Å². The smallest absolute Gasteiger partial charge is 0.416 e.